The normalized spacial score (nSPS) is 13.7. The molecule has 0 spiro atoms. The number of benzene rings is 1. The molecule has 18 heavy (non-hydrogen) atoms. The summed E-state index contributed by atoms with van der Waals surface area (Å²) >= 11 is 0. The quantitative estimate of drug-likeness (QED) is 0.830. The first-order chi connectivity index (χ1) is 7.93. The third-order valence-corrected chi connectivity index (χ3v) is 4.42. The fraction of sp³-hybridized carbons (Fsp3) is 0.500. The van der Waals surface area contributed by atoms with Gasteiger partial charge in [0.2, 0.25) is 0 Å². The summed E-state index contributed by atoms with van der Waals surface area (Å²) < 4.78 is 62.3. The smallest absolute Gasteiger partial charge is 0.224 e. The molecule has 0 saturated heterocycles. The van der Waals surface area contributed by atoms with Gasteiger partial charge in [-0.1, -0.05) is 32.9 Å². The topological polar surface area (TPSA) is 34.1 Å². The third kappa shape index (κ3) is 3.73. The van der Waals surface area contributed by atoms with Crippen LogP contribution in [0.4, 0.5) is 13.2 Å². The average molecular weight is 280 g/mol. The molecule has 0 bridgehead atoms. The van der Waals surface area contributed by atoms with Crippen LogP contribution in [-0.2, 0) is 16.0 Å². The Balaban J connectivity index is 3.35. The fourth-order valence-electron chi connectivity index (χ4n) is 1.62. The summed E-state index contributed by atoms with van der Waals surface area (Å²) in [4.78, 5) is -0.646. The number of alkyl halides is 3. The average Bonchev–Trinajstić information content (AvgIpc) is 2.12. The van der Waals surface area contributed by atoms with Crippen LogP contribution >= 0.6 is 0 Å². The minimum Gasteiger partial charge on any atom is -0.224 e. The lowest BCUT2D eigenvalue weighted by Gasteiger charge is -2.20. The molecule has 1 aromatic rings. The molecule has 2 nitrogen and oxygen atoms in total. The van der Waals surface area contributed by atoms with Gasteiger partial charge in [-0.2, -0.15) is 13.2 Å². The van der Waals surface area contributed by atoms with E-state index in [0.717, 1.165) is 12.1 Å². The van der Waals surface area contributed by atoms with Crippen molar-refractivity contribution in [2.45, 2.75) is 31.8 Å². The molecule has 1 rings (SSSR count). The summed E-state index contributed by atoms with van der Waals surface area (Å²) in [5.41, 5.74) is -1.70. The lowest BCUT2D eigenvalue weighted by molar-refractivity contribution is -0.139. The Hall–Kier alpha value is -1.04. The number of sulfone groups is 1. The molecule has 0 aliphatic carbocycles. The van der Waals surface area contributed by atoms with Crippen molar-refractivity contribution in [2.75, 3.05) is 5.75 Å². The summed E-state index contributed by atoms with van der Waals surface area (Å²) in [5, 5.41) is 0. The largest absolute Gasteiger partial charge is 0.417 e. The van der Waals surface area contributed by atoms with Crippen LogP contribution in [-0.4, -0.2) is 14.2 Å². The molecule has 0 saturated carbocycles. The third-order valence-electron chi connectivity index (χ3n) is 2.15. The summed E-state index contributed by atoms with van der Waals surface area (Å²) in [7, 11) is -3.95. The van der Waals surface area contributed by atoms with Crippen molar-refractivity contribution >= 4 is 9.84 Å². The van der Waals surface area contributed by atoms with E-state index < -0.39 is 31.9 Å². The molecule has 0 aliphatic heterocycles. The lowest BCUT2D eigenvalue weighted by Crippen LogP contribution is -2.23. The van der Waals surface area contributed by atoms with Crippen molar-refractivity contribution in [1.82, 2.24) is 0 Å². The maximum absolute atomic E-state index is 12.7. The van der Waals surface area contributed by atoms with Crippen molar-refractivity contribution in [3.05, 3.63) is 29.8 Å². The Labute approximate surface area is 105 Å². The molecular weight excluding hydrogens is 265 g/mol. The first-order valence-corrected chi connectivity index (χ1v) is 6.98. The highest BCUT2D eigenvalue weighted by molar-refractivity contribution is 7.91. The van der Waals surface area contributed by atoms with Gasteiger partial charge in [0.25, 0.3) is 0 Å². The highest BCUT2D eigenvalue weighted by atomic mass is 32.2. The van der Waals surface area contributed by atoms with Crippen LogP contribution in [0.3, 0.4) is 0 Å². The van der Waals surface area contributed by atoms with E-state index in [4.69, 9.17) is 0 Å². The van der Waals surface area contributed by atoms with Crippen LogP contribution < -0.4 is 0 Å². The molecule has 0 atom stereocenters. The molecule has 0 fully saturated rings. The van der Waals surface area contributed by atoms with Gasteiger partial charge in [-0.05, 0) is 17.5 Å². The molecule has 0 heterocycles. The van der Waals surface area contributed by atoms with Gasteiger partial charge in [0, 0.05) is 0 Å². The molecular formula is C12H15F3O2S. The van der Waals surface area contributed by atoms with Crippen LogP contribution in [0.1, 0.15) is 26.3 Å². The molecule has 1 aromatic carbocycles. The monoisotopic (exact) mass is 280 g/mol. The van der Waals surface area contributed by atoms with Crippen LogP contribution in [0, 0.1) is 5.41 Å². The second kappa shape index (κ2) is 4.57. The Kier molecular flexibility index (Phi) is 3.81. The van der Waals surface area contributed by atoms with Gasteiger partial charge >= 0.3 is 6.18 Å². The van der Waals surface area contributed by atoms with Crippen molar-refractivity contribution in [3.8, 4) is 0 Å². The maximum Gasteiger partial charge on any atom is 0.417 e. The van der Waals surface area contributed by atoms with Crippen LogP contribution in [0.5, 0.6) is 0 Å². The minimum atomic E-state index is -4.67. The summed E-state index contributed by atoms with van der Waals surface area (Å²) in [6.07, 6.45) is -4.67. The van der Waals surface area contributed by atoms with Crippen molar-refractivity contribution < 1.29 is 21.6 Å². The van der Waals surface area contributed by atoms with Gasteiger partial charge in [0.15, 0.2) is 9.84 Å². The van der Waals surface area contributed by atoms with Crippen molar-refractivity contribution in [3.63, 3.8) is 0 Å². The Morgan fingerprint density at radius 1 is 1.06 bits per heavy atom. The Bertz CT molecular complexity index is 525. The maximum atomic E-state index is 12.7. The summed E-state index contributed by atoms with van der Waals surface area (Å²) in [6, 6.07) is 4.27. The summed E-state index contributed by atoms with van der Waals surface area (Å²) in [6.45, 7) is 5.00. The lowest BCUT2D eigenvalue weighted by atomic mass is 10.0. The SMILES string of the molecule is CC(C)(C)CS(=O)(=O)c1ccccc1C(F)(F)F. The molecule has 0 unspecified atom stereocenters. The van der Waals surface area contributed by atoms with Crippen molar-refractivity contribution in [1.29, 1.82) is 0 Å². The zero-order chi connectivity index (χ0) is 14.2. The number of rotatable bonds is 2. The molecule has 0 aliphatic rings. The van der Waals surface area contributed by atoms with Crippen LogP contribution in [0.25, 0.3) is 0 Å². The molecule has 0 radical (unpaired) electrons. The predicted molar refractivity (Wildman–Crippen MR) is 63.0 cm³/mol. The highest BCUT2D eigenvalue weighted by Gasteiger charge is 2.37. The Morgan fingerprint density at radius 3 is 2.00 bits per heavy atom. The fourth-order valence-corrected chi connectivity index (χ4v) is 3.72. The standard InChI is InChI=1S/C12H15F3O2S/c1-11(2,3)8-18(16,17)10-7-5-4-6-9(10)12(13,14)15/h4-7H,8H2,1-3H3. The van der Waals surface area contributed by atoms with E-state index in [0.29, 0.717) is 0 Å². The molecule has 6 heteroatoms. The van der Waals surface area contributed by atoms with Crippen LogP contribution in [0.2, 0.25) is 0 Å². The molecule has 0 aromatic heterocycles. The zero-order valence-corrected chi connectivity index (χ0v) is 11.2. The van der Waals surface area contributed by atoms with Crippen molar-refractivity contribution in [2.24, 2.45) is 5.41 Å². The van der Waals surface area contributed by atoms with Gasteiger partial charge in [0.05, 0.1) is 16.2 Å². The second-order valence-electron chi connectivity index (χ2n) is 5.31. The molecule has 0 N–H and O–H groups in total. The van der Waals surface area contributed by atoms with Crippen LogP contribution in [0.15, 0.2) is 29.2 Å². The Morgan fingerprint density at radius 2 is 1.56 bits per heavy atom. The van der Waals surface area contributed by atoms with E-state index in [1.54, 1.807) is 20.8 Å². The van der Waals surface area contributed by atoms with E-state index in [1.807, 2.05) is 0 Å². The highest BCUT2D eigenvalue weighted by Crippen LogP contribution is 2.35. The van der Waals surface area contributed by atoms with Gasteiger partial charge in [-0.15, -0.1) is 0 Å². The second-order valence-corrected chi connectivity index (χ2v) is 7.27. The first kappa shape index (κ1) is 15.0. The van der Waals surface area contributed by atoms with Gasteiger partial charge in [-0.3, -0.25) is 0 Å². The first-order valence-electron chi connectivity index (χ1n) is 5.32. The van der Waals surface area contributed by atoms with E-state index in [-0.39, 0.29) is 5.75 Å². The van der Waals surface area contributed by atoms with E-state index in [2.05, 4.69) is 0 Å². The van der Waals surface area contributed by atoms with Gasteiger partial charge in [-0.25, -0.2) is 8.42 Å². The predicted octanol–water partition coefficient (Wildman–Crippen LogP) is 3.53. The van der Waals surface area contributed by atoms with E-state index >= 15 is 0 Å². The van der Waals surface area contributed by atoms with Gasteiger partial charge < -0.3 is 0 Å². The van der Waals surface area contributed by atoms with Gasteiger partial charge in [0.1, 0.15) is 0 Å². The number of halogens is 3. The zero-order valence-electron chi connectivity index (χ0n) is 10.4. The summed E-state index contributed by atoms with van der Waals surface area (Å²) in [5.74, 6) is -0.326. The molecule has 102 valence electrons. The number of hydrogen-bond donors (Lipinski definition) is 0. The molecule has 0 amide bonds. The number of hydrogen-bond acceptors (Lipinski definition) is 2. The van der Waals surface area contributed by atoms with E-state index in [9.17, 15) is 21.6 Å². The van der Waals surface area contributed by atoms with E-state index in [1.165, 1.54) is 12.1 Å². The minimum absolute atomic E-state index is 0.326.